The Hall–Kier alpha value is -1.46. The van der Waals surface area contributed by atoms with Crippen molar-refractivity contribution in [2.75, 3.05) is 31.1 Å². The summed E-state index contributed by atoms with van der Waals surface area (Å²) in [5.41, 5.74) is 0.716. The Labute approximate surface area is 119 Å². The molecular formula is C15H22FN3O. The molecule has 0 spiro atoms. The molecule has 0 bridgehead atoms. The van der Waals surface area contributed by atoms with Crippen molar-refractivity contribution in [3.05, 3.63) is 30.1 Å². The van der Waals surface area contributed by atoms with Crippen molar-refractivity contribution in [2.24, 2.45) is 0 Å². The van der Waals surface area contributed by atoms with Gasteiger partial charge >= 0.3 is 0 Å². The van der Waals surface area contributed by atoms with Gasteiger partial charge in [-0.25, -0.2) is 4.39 Å². The highest BCUT2D eigenvalue weighted by Crippen LogP contribution is 2.16. The normalized spacial score (nSPS) is 21.9. The highest BCUT2D eigenvalue weighted by Gasteiger charge is 2.29. The van der Waals surface area contributed by atoms with E-state index in [-0.39, 0.29) is 17.3 Å². The molecule has 1 aliphatic rings. The SMILES string of the molecule is CCN(C(=O)CNC1(C)CCNC1)c1ccc(F)cc1. The zero-order chi connectivity index (χ0) is 14.6. The summed E-state index contributed by atoms with van der Waals surface area (Å²) in [5, 5.41) is 6.61. The molecule has 1 atom stereocenters. The highest BCUT2D eigenvalue weighted by molar-refractivity contribution is 5.94. The molecule has 1 aliphatic heterocycles. The third-order valence-electron chi connectivity index (χ3n) is 3.79. The Morgan fingerprint density at radius 1 is 1.45 bits per heavy atom. The first-order valence-corrected chi connectivity index (χ1v) is 7.06. The van der Waals surface area contributed by atoms with Crippen molar-refractivity contribution < 1.29 is 9.18 Å². The van der Waals surface area contributed by atoms with Crippen molar-refractivity contribution in [3.8, 4) is 0 Å². The fraction of sp³-hybridized carbons (Fsp3) is 0.533. The van der Waals surface area contributed by atoms with Crippen molar-refractivity contribution in [1.82, 2.24) is 10.6 Å². The van der Waals surface area contributed by atoms with Gasteiger partial charge in [0.15, 0.2) is 0 Å². The van der Waals surface area contributed by atoms with Crippen LogP contribution in [0.1, 0.15) is 20.3 Å². The minimum atomic E-state index is -0.292. The Balaban J connectivity index is 1.96. The number of benzene rings is 1. The Morgan fingerprint density at radius 2 is 2.15 bits per heavy atom. The van der Waals surface area contributed by atoms with Crippen molar-refractivity contribution in [3.63, 3.8) is 0 Å². The molecule has 1 saturated heterocycles. The lowest BCUT2D eigenvalue weighted by Gasteiger charge is -2.27. The van der Waals surface area contributed by atoms with Crippen molar-refractivity contribution in [1.29, 1.82) is 0 Å². The van der Waals surface area contributed by atoms with E-state index in [4.69, 9.17) is 0 Å². The fourth-order valence-electron chi connectivity index (χ4n) is 2.48. The molecule has 2 rings (SSSR count). The van der Waals surface area contributed by atoms with Gasteiger partial charge < -0.3 is 15.5 Å². The summed E-state index contributed by atoms with van der Waals surface area (Å²) in [6, 6.07) is 6.02. The van der Waals surface area contributed by atoms with Gasteiger partial charge in [0.25, 0.3) is 0 Å². The van der Waals surface area contributed by atoms with Crippen LogP contribution >= 0.6 is 0 Å². The van der Waals surface area contributed by atoms with Crippen LogP contribution in [0.4, 0.5) is 10.1 Å². The van der Waals surface area contributed by atoms with E-state index < -0.39 is 0 Å². The van der Waals surface area contributed by atoms with Crippen LogP contribution in [0, 0.1) is 5.82 Å². The number of nitrogens with zero attached hydrogens (tertiary/aromatic N) is 1. The number of rotatable bonds is 5. The number of likely N-dealkylation sites (N-methyl/N-ethyl adjacent to an activating group) is 1. The number of carbonyl (C=O) groups excluding carboxylic acids is 1. The van der Waals surface area contributed by atoms with E-state index in [1.807, 2.05) is 6.92 Å². The van der Waals surface area contributed by atoms with Gasteiger partial charge in [-0.2, -0.15) is 0 Å². The zero-order valence-corrected chi connectivity index (χ0v) is 12.1. The molecule has 1 aromatic rings. The first kappa shape index (κ1) is 14.9. The van der Waals surface area contributed by atoms with Gasteiger partial charge in [0.05, 0.1) is 6.54 Å². The molecule has 0 radical (unpaired) electrons. The Bertz CT molecular complexity index is 455. The van der Waals surface area contributed by atoms with Crippen LogP contribution in [0.3, 0.4) is 0 Å². The predicted molar refractivity (Wildman–Crippen MR) is 78.3 cm³/mol. The molecule has 2 N–H and O–H groups in total. The van der Waals surface area contributed by atoms with Crippen LogP contribution in [-0.2, 0) is 4.79 Å². The Kier molecular flexibility index (Phi) is 4.73. The smallest absolute Gasteiger partial charge is 0.240 e. The number of nitrogens with one attached hydrogen (secondary N) is 2. The standard InChI is InChI=1S/C15H22FN3O/c1-3-19(13-6-4-12(16)5-7-13)14(20)10-18-15(2)8-9-17-11-15/h4-7,17-18H,3,8-11H2,1-2H3. The van der Waals surface area contributed by atoms with E-state index in [1.165, 1.54) is 12.1 Å². The molecule has 0 aromatic heterocycles. The molecule has 1 unspecified atom stereocenters. The first-order chi connectivity index (χ1) is 9.54. The van der Waals surface area contributed by atoms with Gasteiger partial charge in [0.1, 0.15) is 5.82 Å². The fourth-order valence-corrected chi connectivity index (χ4v) is 2.48. The maximum absolute atomic E-state index is 12.9. The minimum Gasteiger partial charge on any atom is -0.315 e. The number of hydrogen-bond acceptors (Lipinski definition) is 3. The van der Waals surface area contributed by atoms with E-state index in [9.17, 15) is 9.18 Å². The summed E-state index contributed by atoms with van der Waals surface area (Å²) in [7, 11) is 0. The van der Waals surface area contributed by atoms with E-state index in [0.29, 0.717) is 13.1 Å². The third kappa shape index (κ3) is 3.55. The van der Waals surface area contributed by atoms with Gasteiger partial charge in [0, 0.05) is 24.3 Å². The number of carbonyl (C=O) groups is 1. The van der Waals surface area contributed by atoms with E-state index in [2.05, 4.69) is 17.6 Å². The molecule has 110 valence electrons. The van der Waals surface area contributed by atoms with Crippen LogP contribution in [0.25, 0.3) is 0 Å². The van der Waals surface area contributed by atoms with Crippen LogP contribution in [0.5, 0.6) is 0 Å². The van der Waals surface area contributed by atoms with Crippen LogP contribution < -0.4 is 15.5 Å². The van der Waals surface area contributed by atoms with Crippen LogP contribution in [0.15, 0.2) is 24.3 Å². The summed E-state index contributed by atoms with van der Waals surface area (Å²) in [5.74, 6) is -0.285. The van der Waals surface area contributed by atoms with Gasteiger partial charge in [-0.05, 0) is 51.1 Å². The van der Waals surface area contributed by atoms with Crippen molar-refractivity contribution in [2.45, 2.75) is 25.8 Å². The summed E-state index contributed by atoms with van der Waals surface area (Å²) < 4.78 is 12.9. The highest BCUT2D eigenvalue weighted by atomic mass is 19.1. The van der Waals surface area contributed by atoms with E-state index in [0.717, 1.165) is 25.2 Å². The molecule has 1 heterocycles. The lowest BCUT2D eigenvalue weighted by Crippen LogP contribution is -2.49. The summed E-state index contributed by atoms with van der Waals surface area (Å²) >= 11 is 0. The second kappa shape index (κ2) is 6.33. The van der Waals surface area contributed by atoms with Crippen molar-refractivity contribution >= 4 is 11.6 Å². The number of anilines is 1. The largest absolute Gasteiger partial charge is 0.315 e. The van der Waals surface area contributed by atoms with Gasteiger partial charge in [-0.3, -0.25) is 4.79 Å². The lowest BCUT2D eigenvalue weighted by molar-refractivity contribution is -0.118. The van der Waals surface area contributed by atoms with E-state index >= 15 is 0 Å². The molecule has 0 saturated carbocycles. The number of amides is 1. The molecule has 5 heteroatoms. The third-order valence-corrected chi connectivity index (χ3v) is 3.79. The summed E-state index contributed by atoms with van der Waals surface area (Å²) in [6.45, 7) is 6.76. The molecule has 20 heavy (non-hydrogen) atoms. The average Bonchev–Trinajstić information content (AvgIpc) is 2.87. The maximum Gasteiger partial charge on any atom is 0.240 e. The topological polar surface area (TPSA) is 44.4 Å². The summed E-state index contributed by atoms with van der Waals surface area (Å²) in [4.78, 5) is 14.0. The summed E-state index contributed by atoms with van der Waals surface area (Å²) in [6.07, 6.45) is 1.02. The van der Waals surface area contributed by atoms with Gasteiger partial charge in [-0.15, -0.1) is 0 Å². The Morgan fingerprint density at radius 3 is 2.70 bits per heavy atom. The minimum absolute atomic E-state index is 0.00670. The molecule has 1 aromatic carbocycles. The van der Waals surface area contributed by atoms with Crippen LogP contribution in [0.2, 0.25) is 0 Å². The first-order valence-electron chi connectivity index (χ1n) is 7.06. The maximum atomic E-state index is 12.9. The average molecular weight is 279 g/mol. The molecule has 0 aliphatic carbocycles. The number of halogens is 1. The van der Waals surface area contributed by atoms with Gasteiger partial charge in [-0.1, -0.05) is 0 Å². The molecule has 1 fully saturated rings. The quantitative estimate of drug-likeness (QED) is 0.859. The van der Waals surface area contributed by atoms with E-state index in [1.54, 1.807) is 17.0 Å². The second-order valence-corrected chi connectivity index (χ2v) is 5.46. The predicted octanol–water partition coefficient (Wildman–Crippen LogP) is 1.52. The lowest BCUT2D eigenvalue weighted by atomic mass is 10.0. The molecule has 1 amide bonds. The number of hydrogen-bond donors (Lipinski definition) is 2. The van der Waals surface area contributed by atoms with Crippen LogP contribution in [-0.4, -0.2) is 37.6 Å². The monoisotopic (exact) mass is 279 g/mol. The molecular weight excluding hydrogens is 257 g/mol. The second-order valence-electron chi connectivity index (χ2n) is 5.46. The zero-order valence-electron chi connectivity index (χ0n) is 12.1. The van der Waals surface area contributed by atoms with Gasteiger partial charge in [0.2, 0.25) is 5.91 Å². The molecule has 4 nitrogen and oxygen atoms in total.